The van der Waals surface area contributed by atoms with E-state index in [2.05, 4.69) is 14.9 Å². The van der Waals surface area contributed by atoms with E-state index in [1.807, 2.05) is 24.9 Å². The van der Waals surface area contributed by atoms with Gasteiger partial charge >= 0.3 is 6.18 Å². The van der Waals surface area contributed by atoms with Crippen molar-refractivity contribution in [2.45, 2.75) is 58.3 Å². The number of carbonyl (C=O) groups excluding carboxylic acids is 2. The maximum absolute atomic E-state index is 14.2. The Balaban J connectivity index is 1.19. The fraction of sp³-hybridized carbons (Fsp3) is 0.429. The van der Waals surface area contributed by atoms with Crippen molar-refractivity contribution in [1.29, 1.82) is 0 Å². The van der Waals surface area contributed by atoms with Gasteiger partial charge < -0.3 is 19.5 Å². The van der Waals surface area contributed by atoms with Gasteiger partial charge in [-0.05, 0) is 54.4 Å². The number of hydrogen-bond acceptors (Lipinski definition) is 7. The molecule has 4 aromatic rings. The number of aromatic nitrogens is 3. The Kier molecular flexibility index (Phi) is 9.34. The molecule has 47 heavy (non-hydrogen) atoms. The number of ketones is 1. The Morgan fingerprint density at radius 2 is 1.83 bits per heavy atom. The number of benzene rings is 1. The number of fused-ring (bicyclic) bond motifs is 2. The summed E-state index contributed by atoms with van der Waals surface area (Å²) in [7, 11) is 2.01. The van der Waals surface area contributed by atoms with Crippen LogP contribution in [0.15, 0.2) is 48.8 Å². The highest BCUT2D eigenvalue weighted by atomic mass is 19.4. The highest BCUT2D eigenvalue weighted by Gasteiger charge is 2.35. The lowest BCUT2D eigenvalue weighted by molar-refractivity contribution is -0.138. The maximum atomic E-state index is 14.2. The monoisotopic (exact) mass is 648 g/mol. The van der Waals surface area contributed by atoms with Gasteiger partial charge in [0.05, 0.1) is 35.0 Å². The van der Waals surface area contributed by atoms with Gasteiger partial charge in [-0.15, -0.1) is 0 Å². The zero-order chi connectivity index (χ0) is 33.3. The molecule has 0 aliphatic carbocycles. The highest BCUT2D eigenvalue weighted by Crippen LogP contribution is 2.36. The molecule has 0 radical (unpaired) electrons. The van der Waals surface area contributed by atoms with Gasteiger partial charge in [-0.1, -0.05) is 26.0 Å². The predicted octanol–water partition coefficient (Wildman–Crippen LogP) is 6.19. The number of nitrogens with zero attached hydrogens (tertiary/aromatic N) is 5. The highest BCUT2D eigenvalue weighted by molar-refractivity contribution is 5.99. The van der Waals surface area contributed by atoms with Crippen LogP contribution in [0.3, 0.4) is 0 Å². The second-order valence-electron chi connectivity index (χ2n) is 12.5. The molecule has 0 bridgehead atoms. The van der Waals surface area contributed by atoms with E-state index < -0.39 is 11.7 Å². The molecule has 0 saturated carbocycles. The molecule has 1 aromatic carbocycles. The summed E-state index contributed by atoms with van der Waals surface area (Å²) in [6.07, 6.45) is -0.304. The summed E-state index contributed by atoms with van der Waals surface area (Å²) >= 11 is 0. The van der Waals surface area contributed by atoms with Crippen molar-refractivity contribution < 1.29 is 27.5 Å². The van der Waals surface area contributed by atoms with Crippen molar-refractivity contribution in [2.24, 2.45) is 0 Å². The molecule has 9 nitrogen and oxygen atoms in total. The Morgan fingerprint density at radius 3 is 2.55 bits per heavy atom. The summed E-state index contributed by atoms with van der Waals surface area (Å²) in [5.41, 5.74) is 2.60. The lowest BCUT2D eigenvalue weighted by Gasteiger charge is -2.34. The van der Waals surface area contributed by atoms with Crippen LogP contribution in [0.4, 0.5) is 13.2 Å². The number of H-pyrrole nitrogens is 1. The summed E-state index contributed by atoms with van der Waals surface area (Å²) in [6, 6.07) is 9.62. The van der Waals surface area contributed by atoms with Crippen LogP contribution in [-0.4, -0.2) is 81.1 Å². The molecule has 1 atom stereocenters. The number of Topliss-reactive ketones (excluding diaryl/α,β-unsaturated/α-hetero) is 1. The van der Waals surface area contributed by atoms with Crippen molar-refractivity contribution in [3.8, 4) is 11.5 Å². The standard InChI is InChI=1S/C35H39F3N6O3/c1-4-23-20-44(32(46)15-22-6-7-24(28(14-22)35(36,37)38)19-43-12-10-42(3)11-13-43)21-25-16-26(18-40-33(23)25)47-31-8-9-39-34-27(31)17-29(41-34)30(45)5-2/h6-9,14,16-18,23H,4-5,10-13,15,19-21H2,1-3H3,(H,39,41)/t23-/m0/s1. The van der Waals surface area contributed by atoms with Crippen LogP contribution in [0, 0.1) is 0 Å². The summed E-state index contributed by atoms with van der Waals surface area (Å²) in [6.45, 7) is 7.81. The molecular weight excluding hydrogens is 609 g/mol. The molecule has 2 aliphatic rings. The first-order valence-electron chi connectivity index (χ1n) is 16.1. The fourth-order valence-electron chi connectivity index (χ4n) is 6.41. The van der Waals surface area contributed by atoms with Crippen LogP contribution in [-0.2, 0) is 30.5 Å². The van der Waals surface area contributed by atoms with E-state index in [4.69, 9.17) is 9.72 Å². The second-order valence-corrected chi connectivity index (χ2v) is 12.5. The van der Waals surface area contributed by atoms with Gasteiger partial charge in [0.2, 0.25) is 5.91 Å². The number of rotatable bonds is 9. The number of ether oxygens (including phenoxy) is 1. The molecule has 0 spiro atoms. The predicted molar refractivity (Wildman–Crippen MR) is 171 cm³/mol. The minimum Gasteiger partial charge on any atom is -0.455 e. The summed E-state index contributed by atoms with van der Waals surface area (Å²) < 4.78 is 48.7. The molecular formula is C35H39F3N6O3. The van der Waals surface area contributed by atoms with E-state index >= 15 is 0 Å². The largest absolute Gasteiger partial charge is 0.455 e. The van der Waals surface area contributed by atoms with Gasteiger partial charge in [0.1, 0.15) is 17.1 Å². The molecule has 6 rings (SSSR count). The second kappa shape index (κ2) is 13.4. The van der Waals surface area contributed by atoms with Crippen LogP contribution in [0.5, 0.6) is 11.5 Å². The molecule has 0 unspecified atom stereocenters. The Morgan fingerprint density at radius 1 is 1.04 bits per heavy atom. The normalized spacial score (nSPS) is 17.6. The van der Waals surface area contributed by atoms with Crippen molar-refractivity contribution in [1.82, 2.24) is 29.7 Å². The van der Waals surface area contributed by atoms with Crippen molar-refractivity contribution in [3.63, 3.8) is 0 Å². The van der Waals surface area contributed by atoms with Gasteiger partial charge in [0.15, 0.2) is 5.78 Å². The third-order valence-electron chi connectivity index (χ3n) is 9.18. The molecule has 1 amide bonds. The maximum Gasteiger partial charge on any atom is 0.416 e. The molecule has 1 fully saturated rings. The first-order chi connectivity index (χ1) is 22.5. The van der Waals surface area contributed by atoms with Gasteiger partial charge in [-0.25, -0.2) is 4.98 Å². The number of pyridine rings is 2. The van der Waals surface area contributed by atoms with Crippen LogP contribution >= 0.6 is 0 Å². The molecule has 1 saturated heterocycles. The van der Waals surface area contributed by atoms with Gasteiger partial charge in [0.25, 0.3) is 0 Å². The zero-order valence-corrected chi connectivity index (χ0v) is 26.9. The van der Waals surface area contributed by atoms with Crippen molar-refractivity contribution in [2.75, 3.05) is 39.8 Å². The Hall–Kier alpha value is -4.29. The summed E-state index contributed by atoms with van der Waals surface area (Å²) in [5.74, 6) is 0.687. The topological polar surface area (TPSA) is 94.7 Å². The lowest BCUT2D eigenvalue weighted by atomic mass is 9.92. The molecule has 248 valence electrons. The molecule has 3 aromatic heterocycles. The average molecular weight is 649 g/mol. The third kappa shape index (κ3) is 7.18. The van der Waals surface area contributed by atoms with Gasteiger partial charge in [-0.2, -0.15) is 13.2 Å². The minimum absolute atomic E-state index is 0.0200. The summed E-state index contributed by atoms with van der Waals surface area (Å²) in [4.78, 5) is 43.8. The third-order valence-corrected chi connectivity index (χ3v) is 9.18. The van der Waals surface area contributed by atoms with Crippen LogP contribution < -0.4 is 4.74 Å². The zero-order valence-electron chi connectivity index (χ0n) is 26.9. The molecule has 2 aliphatic heterocycles. The van der Waals surface area contributed by atoms with Crippen LogP contribution in [0.2, 0.25) is 0 Å². The number of nitrogens with one attached hydrogen (secondary N) is 1. The number of likely N-dealkylation sites (N-methyl/N-ethyl adjacent to an activating group) is 1. The number of halogens is 3. The number of aromatic amines is 1. The van der Waals surface area contributed by atoms with E-state index in [0.29, 0.717) is 59.8 Å². The quantitative estimate of drug-likeness (QED) is 0.217. The van der Waals surface area contributed by atoms with Crippen LogP contribution in [0.25, 0.3) is 11.0 Å². The number of amides is 1. The molecule has 1 N–H and O–H groups in total. The van der Waals surface area contributed by atoms with E-state index in [9.17, 15) is 22.8 Å². The number of carbonyl (C=O) groups is 2. The first kappa shape index (κ1) is 32.6. The van der Waals surface area contributed by atoms with Gasteiger partial charge in [0, 0.05) is 64.3 Å². The minimum atomic E-state index is -4.52. The van der Waals surface area contributed by atoms with E-state index in [1.165, 1.54) is 6.07 Å². The average Bonchev–Trinajstić information content (AvgIpc) is 3.50. The smallest absolute Gasteiger partial charge is 0.416 e. The fourth-order valence-corrected chi connectivity index (χ4v) is 6.41. The Bertz CT molecular complexity index is 1780. The molecule has 12 heteroatoms. The number of piperazine rings is 1. The summed E-state index contributed by atoms with van der Waals surface area (Å²) in [5, 5.41) is 0.665. The number of hydrogen-bond donors (Lipinski definition) is 1. The van der Waals surface area contributed by atoms with Crippen LogP contribution in [0.1, 0.15) is 71.0 Å². The van der Waals surface area contributed by atoms with Gasteiger partial charge in [-0.3, -0.25) is 19.5 Å². The van der Waals surface area contributed by atoms with Crippen molar-refractivity contribution >= 4 is 22.7 Å². The van der Waals surface area contributed by atoms with E-state index in [1.54, 1.807) is 42.4 Å². The van der Waals surface area contributed by atoms with E-state index in [-0.39, 0.29) is 42.7 Å². The molecule has 5 heterocycles. The van der Waals surface area contributed by atoms with Crippen molar-refractivity contribution in [3.05, 3.63) is 82.4 Å². The van der Waals surface area contributed by atoms with E-state index in [0.717, 1.165) is 36.8 Å². The lowest BCUT2D eigenvalue weighted by Crippen LogP contribution is -2.44. The Labute approximate surface area is 271 Å². The first-order valence-corrected chi connectivity index (χ1v) is 16.1. The SMILES string of the molecule is CCC(=O)c1cc2c(Oc3cnc4c(c3)CN(C(=O)Cc3ccc(CN5CCN(C)CC5)c(C(F)(F)F)c3)C[C@@H]4CC)ccnc2[nH]1. The number of alkyl halides is 3.